The quantitative estimate of drug-likeness (QED) is 0.0374. The number of pyridine rings is 3. The molecule has 24 heteroatoms. The van der Waals surface area contributed by atoms with E-state index in [1.807, 2.05) is 66.7 Å². The maximum absolute atomic E-state index is 13.0. The van der Waals surface area contributed by atoms with Crippen LogP contribution >= 0.6 is 20.2 Å². The van der Waals surface area contributed by atoms with Gasteiger partial charge in [-0.15, -0.1) is 0 Å². The molecule has 5 heterocycles. The SMILES string of the molecule is CC1(C)OB(c2cccc(F)n2)OC1(C)C.CCOP(OCC)OCC.COc1ccc(-c2cccc(F)n2)c([N+](=O)[O-])c1.COc1ccc(Cl)c([N+](=O)[O-])c1.COc1ccc2c(c1)[nH]c1ccc(F)nc12. The number of nitro benzene ring substituents is 2. The first-order chi connectivity index (χ1) is 34.2. The fourth-order valence-electron chi connectivity index (χ4n) is 6.12. The van der Waals surface area contributed by atoms with Gasteiger partial charge in [-0.3, -0.25) is 20.2 Å². The van der Waals surface area contributed by atoms with Crippen molar-refractivity contribution in [2.24, 2.45) is 0 Å². The van der Waals surface area contributed by atoms with Crippen molar-refractivity contribution in [1.82, 2.24) is 19.9 Å². The van der Waals surface area contributed by atoms with E-state index in [-0.39, 0.29) is 27.7 Å². The van der Waals surface area contributed by atoms with E-state index in [4.69, 9.17) is 48.7 Å². The number of rotatable bonds is 13. The Hall–Kier alpha value is -6.52. The van der Waals surface area contributed by atoms with Crippen LogP contribution in [-0.4, -0.2) is 89.3 Å². The van der Waals surface area contributed by atoms with Gasteiger partial charge in [-0.25, -0.2) is 15.0 Å². The standard InChI is InChI=1S/C12H9FN2O3.C12H9FN2O.C11H15BFNO2.C7H6ClNO3.C6H15O3P/c1-18-8-5-6-9(11(7-8)15(16)17)10-3-2-4-12(13)14-10;1-16-7-2-3-8-10(6-7)14-9-4-5-11(13)15-12(8)9;1-10(2)11(3,4)16-12(15-10)8-6-5-7-9(13)14-8;1-12-5-2-3-6(8)7(4-5)9(10)11;1-4-7-10(8-5-2)9-6-3/h2-7H,1H3;2-6,14H,1H3;5-7H,1-4H3;2-4H,1H3;4-6H2,1-3H3. The van der Waals surface area contributed by atoms with Crippen LogP contribution in [-0.2, 0) is 22.9 Å². The molecule has 0 amide bonds. The third-order valence-electron chi connectivity index (χ3n) is 10.3. The number of methoxy groups -OCH3 is 3. The highest BCUT2D eigenvalue weighted by Crippen LogP contribution is 2.39. The number of fused-ring (bicyclic) bond motifs is 3. The first-order valence-electron chi connectivity index (χ1n) is 21.9. The number of aromatic nitrogens is 4. The highest BCUT2D eigenvalue weighted by Gasteiger charge is 2.52. The van der Waals surface area contributed by atoms with E-state index in [9.17, 15) is 33.4 Å². The average Bonchev–Trinajstić information content (AvgIpc) is 3.82. The summed E-state index contributed by atoms with van der Waals surface area (Å²) >= 11 is 5.55. The molecule has 1 fully saturated rings. The van der Waals surface area contributed by atoms with Gasteiger partial charge in [0.05, 0.1) is 108 Å². The molecule has 0 aliphatic carbocycles. The minimum Gasteiger partial charge on any atom is -0.497 e. The van der Waals surface area contributed by atoms with Crippen molar-refractivity contribution in [3.8, 4) is 28.5 Å². The zero-order valence-corrected chi connectivity index (χ0v) is 42.8. The number of benzene rings is 3. The summed E-state index contributed by atoms with van der Waals surface area (Å²) < 4.78 is 80.8. The Kier molecular flexibility index (Phi) is 22.1. The van der Waals surface area contributed by atoms with E-state index in [0.717, 1.165) is 22.2 Å². The Morgan fingerprint density at radius 1 is 0.639 bits per heavy atom. The monoisotopic (exact) mass is 1040 g/mol. The Morgan fingerprint density at radius 3 is 1.67 bits per heavy atom. The zero-order valence-electron chi connectivity index (χ0n) is 41.1. The van der Waals surface area contributed by atoms with Gasteiger partial charge in [-0.05, 0) is 121 Å². The predicted octanol–water partition coefficient (Wildman–Crippen LogP) is 11.8. The number of ether oxygens (including phenoxy) is 3. The van der Waals surface area contributed by atoms with Crippen LogP contribution in [0.25, 0.3) is 33.2 Å². The first-order valence-corrected chi connectivity index (χ1v) is 23.4. The van der Waals surface area contributed by atoms with Crippen LogP contribution in [0, 0.1) is 38.1 Å². The van der Waals surface area contributed by atoms with Crippen LogP contribution in [0.1, 0.15) is 48.5 Å². The van der Waals surface area contributed by atoms with Crippen molar-refractivity contribution < 1.29 is 60.1 Å². The Morgan fingerprint density at radius 2 is 1.14 bits per heavy atom. The minimum atomic E-state index is -1.06. The van der Waals surface area contributed by atoms with Crippen molar-refractivity contribution in [3.63, 3.8) is 0 Å². The van der Waals surface area contributed by atoms with Crippen LogP contribution in [0.4, 0.5) is 24.5 Å². The molecule has 18 nitrogen and oxygen atoms in total. The van der Waals surface area contributed by atoms with Crippen LogP contribution in [0.15, 0.2) is 103 Å². The molecule has 3 aromatic carbocycles. The van der Waals surface area contributed by atoms with E-state index >= 15 is 0 Å². The molecule has 0 atom stereocenters. The number of H-pyrrole nitrogens is 1. The lowest BCUT2D eigenvalue weighted by Crippen LogP contribution is -2.41. The summed E-state index contributed by atoms with van der Waals surface area (Å²) in [4.78, 5) is 34.7. The number of nitro groups is 2. The average molecular weight is 1040 g/mol. The predicted molar refractivity (Wildman–Crippen MR) is 269 cm³/mol. The van der Waals surface area contributed by atoms with E-state index in [1.165, 1.54) is 68.8 Å². The lowest BCUT2D eigenvalue weighted by Gasteiger charge is -2.32. The Labute approximate surface area is 420 Å². The molecule has 1 saturated heterocycles. The van der Waals surface area contributed by atoms with Gasteiger partial charge in [0.1, 0.15) is 22.3 Å². The topological polar surface area (TPSA) is 215 Å². The Bertz CT molecular complexity index is 2880. The summed E-state index contributed by atoms with van der Waals surface area (Å²) in [6.07, 6.45) is 0. The van der Waals surface area contributed by atoms with Crippen molar-refractivity contribution in [2.45, 2.75) is 59.7 Å². The number of nitrogens with zero attached hydrogens (tertiary/aromatic N) is 5. The molecular formula is C48H54BClF3N6O12P. The molecule has 0 bridgehead atoms. The summed E-state index contributed by atoms with van der Waals surface area (Å²) in [6, 6.07) is 26.0. The fraction of sp³-hybridized carbons (Fsp3) is 0.312. The smallest absolute Gasteiger partial charge is 0.497 e. The highest BCUT2D eigenvalue weighted by molar-refractivity contribution is 7.41. The number of nitrogens with one attached hydrogen (secondary N) is 1. The summed E-state index contributed by atoms with van der Waals surface area (Å²) in [5.41, 5.74) is 2.14. The fourth-order valence-corrected chi connectivity index (χ4v) is 7.16. The zero-order chi connectivity index (χ0) is 53.2. The molecule has 384 valence electrons. The molecule has 0 radical (unpaired) electrons. The number of hydrogen-bond donors (Lipinski definition) is 1. The summed E-state index contributed by atoms with van der Waals surface area (Å²) in [5.74, 6) is -0.124. The number of hydrogen-bond acceptors (Lipinski definition) is 15. The second-order valence-corrected chi connectivity index (χ2v) is 17.2. The minimum absolute atomic E-state index is 0.112. The molecule has 1 aliphatic rings. The van der Waals surface area contributed by atoms with Gasteiger partial charge in [0.2, 0.25) is 17.8 Å². The van der Waals surface area contributed by atoms with Gasteiger partial charge in [0, 0.05) is 11.5 Å². The number of halogens is 4. The van der Waals surface area contributed by atoms with Gasteiger partial charge in [-0.1, -0.05) is 23.7 Å². The first kappa shape index (κ1) is 58.1. The third kappa shape index (κ3) is 16.3. The lowest BCUT2D eigenvalue weighted by atomic mass is 9.84. The van der Waals surface area contributed by atoms with Gasteiger partial charge in [0.15, 0.2) is 0 Å². The van der Waals surface area contributed by atoms with Crippen molar-refractivity contribution in [3.05, 3.63) is 146 Å². The molecule has 72 heavy (non-hydrogen) atoms. The van der Waals surface area contributed by atoms with Crippen LogP contribution in [0.2, 0.25) is 5.02 Å². The third-order valence-corrected chi connectivity index (χ3v) is 12.0. The van der Waals surface area contributed by atoms with Gasteiger partial charge in [0.25, 0.3) is 11.4 Å². The summed E-state index contributed by atoms with van der Waals surface area (Å²) in [5, 5.41) is 22.3. The van der Waals surface area contributed by atoms with Crippen LogP contribution < -0.4 is 19.8 Å². The second kappa shape index (κ2) is 27.3. The van der Waals surface area contributed by atoms with Crippen molar-refractivity contribution >= 4 is 66.2 Å². The normalized spacial score (nSPS) is 13.1. The molecule has 4 aromatic heterocycles. The molecule has 7 aromatic rings. The summed E-state index contributed by atoms with van der Waals surface area (Å²) in [6.45, 7) is 15.5. The van der Waals surface area contributed by atoms with Gasteiger partial charge < -0.3 is 42.1 Å². The molecular weight excluding hydrogens is 987 g/mol. The van der Waals surface area contributed by atoms with E-state index in [2.05, 4.69) is 19.9 Å². The summed E-state index contributed by atoms with van der Waals surface area (Å²) in [7, 11) is 2.81. The van der Waals surface area contributed by atoms with E-state index < -0.39 is 54.6 Å². The van der Waals surface area contributed by atoms with E-state index in [1.54, 1.807) is 37.4 Å². The molecule has 0 spiro atoms. The largest absolute Gasteiger partial charge is 0.514 e. The van der Waals surface area contributed by atoms with E-state index in [0.29, 0.717) is 42.4 Å². The lowest BCUT2D eigenvalue weighted by molar-refractivity contribution is -0.384. The van der Waals surface area contributed by atoms with Gasteiger partial charge >= 0.3 is 15.7 Å². The molecule has 1 N–H and O–H groups in total. The molecule has 0 saturated carbocycles. The molecule has 8 rings (SSSR count). The maximum atomic E-state index is 13.0. The van der Waals surface area contributed by atoms with Gasteiger partial charge in [-0.2, -0.15) is 13.2 Å². The second-order valence-electron chi connectivity index (χ2n) is 15.6. The Balaban J connectivity index is 0.000000198. The maximum Gasteiger partial charge on any atom is 0.514 e. The van der Waals surface area contributed by atoms with Crippen LogP contribution in [0.5, 0.6) is 17.2 Å². The van der Waals surface area contributed by atoms with Crippen molar-refractivity contribution in [2.75, 3.05) is 41.2 Å². The molecule has 0 unspecified atom stereocenters. The number of aromatic amines is 1. The highest BCUT2D eigenvalue weighted by atomic mass is 35.5. The van der Waals surface area contributed by atoms with Crippen molar-refractivity contribution in [1.29, 1.82) is 0 Å². The molecule has 1 aliphatic heterocycles. The van der Waals surface area contributed by atoms with Crippen LogP contribution in [0.3, 0.4) is 0 Å².